The van der Waals surface area contributed by atoms with Crippen molar-refractivity contribution in [2.24, 2.45) is 7.05 Å². The number of aromatic amines is 1. The van der Waals surface area contributed by atoms with Crippen LogP contribution in [0.25, 0.3) is 22.4 Å². The molecule has 0 aliphatic heterocycles. The summed E-state index contributed by atoms with van der Waals surface area (Å²) in [6.07, 6.45) is 3.14. The van der Waals surface area contributed by atoms with Crippen molar-refractivity contribution < 1.29 is 22.7 Å². The average Bonchev–Trinajstić information content (AvgIpc) is 3.32. The van der Waals surface area contributed by atoms with Crippen molar-refractivity contribution in [1.82, 2.24) is 24.5 Å². The normalized spacial score (nSPS) is 11.5. The van der Waals surface area contributed by atoms with Gasteiger partial charge < -0.3 is 14.9 Å². The Hall–Kier alpha value is -4.00. The van der Waals surface area contributed by atoms with Crippen LogP contribution in [0.15, 0.2) is 41.7 Å². The molecule has 0 aliphatic carbocycles. The fraction of sp³-hybridized carbons (Fsp3) is 0.158. The lowest BCUT2D eigenvalue weighted by Crippen LogP contribution is -2.11. The van der Waals surface area contributed by atoms with Gasteiger partial charge in [0.15, 0.2) is 15.5 Å². The number of anilines is 3. The summed E-state index contributed by atoms with van der Waals surface area (Å²) in [5.74, 6) is 0.495. The highest BCUT2D eigenvalue weighted by Crippen LogP contribution is 2.33. The van der Waals surface area contributed by atoms with Crippen LogP contribution in [-0.2, 0) is 21.8 Å². The molecule has 3 aromatic heterocycles. The molecule has 4 rings (SSSR count). The average molecular weight is 459 g/mol. The molecule has 1 amide bonds. The van der Waals surface area contributed by atoms with Gasteiger partial charge in [-0.1, -0.05) is 6.07 Å². The zero-order valence-corrected chi connectivity index (χ0v) is 18.0. The number of sulfone groups is 1. The predicted octanol–water partition coefficient (Wildman–Crippen LogP) is 3.25. The minimum absolute atomic E-state index is 0.0412. The lowest BCUT2D eigenvalue weighted by atomic mass is 10.1. The van der Waals surface area contributed by atoms with Gasteiger partial charge in [-0.05, 0) is 19.1 Å². The third-order valence-electron chi connectivity index (χ3n) is 4.53. The van der Waals surface area contributed by atoms with E-state index in [9.17, 15) is 17.7 Å². The number of carbonyl (C=O) groups excluding carboxylic acids is 1. The number of amides is 1. The molecule has 0 spiro atoms. The van der Waals surface area contributed by atoms with Crippen LogP contribution in [0.2, 0.25) is 0 Å². The zero-order chi connectivity index (χ0) is 23.0. The van der Waals surface area contributed by atoms with Gasteiger partial charge in [-0.15, -0.1) is 0 Å². The molecule has 0 bridgehead atoms. The molecule has 4 aromatic rings. The van der Waals surface area contributed by atoms with Crippen molar-refractivity contribution in [2.75, 3.05) is 16.9 Å². The summed E-state index contributed by atoms with van der Waals surface area (Å²) in [5, 5.41) is 5.18. The van der Waals surface area contributed by atoms with E-state index in [1.165, 1.54) is 12.1 Å². The van der Waals surface area contributed by atoms with E-state index in [1.807, 2.05) is 7.05 Å². The molecule has 0 saturated carbocycles. The van der Waals surface area contributed by atoms with Gasteiger partial charge in [0.25, 0.3) is 0 Å². The molecule has 11 nitrogen and oxygen atoms in total. The van der Waals surface area contributed by atoms with Crippen LogP contribution >= 0.6 is 0 Å². The van der Waals surface area contributed by atoms with Crippen LogP contribution < -0.4 is 10.6 Å². The smallest absolute Gasteiger partial charge is 0.353 e. The minimum Gasteiger partial charge on any atom is -0.353 e. The van der Waals surface area contributed by atoms with E-state index in [0.717, 1.165) is 6.26 Å². The van der Waals surface area contributed by atoms with E-state index in [-0.39, 0.29) is 22.0 Å². The molecule has 3 N–H and O–H groups in total. The Morgan fingerprint density at radius 3 is 2.66 bits per heavy atom. The van der Waals surface area contributed by atoms with Crippen LogP contribution in [0.5, 0.6) is 0 Å². The minimum atomic E-state index is -3.64. The first kappa shape index (κ1) is 21.2. The molecule has 3 heterocycles. The van der Waals surface area contributed by atoms with E-state index >= 15 is 0 Å². The predicted molar refractivity (Wildman–Crippen MR) is 115 cm³/mol. The first-order valence-corrected chi connectivity index (χ1v) is 11.1. The lowest BCUT2D eigenvalue weighted by molar-refractivity contribution is -0.0544. The summed E-state index contributed by atoms with van der Waals surface area (Å²) in [4.78, 5) is 30.1. The molecular weight excluding hydrogens is 441 g/mol. The summed E-state index contributed by atoms with van der Waals surface area (Å²) in [6.45, 7) is 1.71. The Morgan fingerprint density at radius 2 is 2.00 bits per heavy atom. The van der Waals surface area contributed by atoms with Gasteiger partial charge >= 0.3 is 6.09 Å². The number of nitrogens with zero attached hydrogens (tertiary/aromatic N) is 4. The summed E-state index contributed by atoms with van der Waals surface area (Å²) in [6, 6.07) is 6.26. The maximum absolute atomic E-state index is 12.5. The standard InChI is InChI=1S/C19H18FN7O4S/c1-10-22-17-13(7-16(25-18(17)23-10)26-19(28)31-20)24-12-5-4-11(6-15(12)32(3,29)30)14-8-27(2)9-21-14/h4-9H,1-3H3,(H3,22,23,24,25,26,28). The molecule has 0 aliphatic rings. The zero-order valence-electron chi connectivity index (χ0n) is 17.2. The van der Waals surface area contributed by atoms with E-state index < -0.39 is 15.9 Å². The molecule has 32 heavy (non-hydrogen) atoms. The van der Waals surface area contributed by atoms with Crippen molar-refractivity contribution in [3.63, 3.8) is 0 Å². The van der Waals surface area contributed by atoms with Crippen molar-refractivity contribution in [3.05, 3.63) is 42.6 Å². The highest BCUT2D eigenvalue weighted by molar-refractivity contribution is 7.90. The van der Waals surface area contributed by atoms with E-state index in [0.29, 0.717) is 28.3 Å². The molecule has 13 heteroatoms. The Kier molecular flexibility index (Phi) is 5.26. The molecule has 0 atom stereocenters. The Labute approximate surface area is 181 Å². The number of benzene rings is 1. The van der Waals surface area contributed by atoms with E-state index in [1.54, 1.807) is 36.1 Å². The second kappa shape index (κ2) is 7.92. The van der Waals surface area contributed by atoms with Gasteiger partial charge in [0.1, 0.15) is 17.2 Å². The second-order valence-electron chi connectivity index (χ2n) is 7.10. The summed E-state index contributed by atoms with van der Waals surface area (Å²) >= 11 is 0. The lowest BCUT2D eigenvalue weighted by Gasteiger charge is -2.14. The van der Waals surface area contributed by atoms with E-state index in [4.69, 9.17) is 0 Å². The number of hydrogen-bond donors (Lipinski definition) is 3. The van der Waals surface area contributed by atoms with Crippen molar-refractivity contribution in [2.45, 2.75) is 11.8 Å². The first-order chi connectivity index (χ1) is 15.1. The number of aromatic nitrogens is 5. The molecule has 0 radical (unpaired) electrons. The number of H-pyrrole nitrogens is 1. The van der Waals surface area contributed by atoms with Crippen LogP contribution in [0, 0.1) is 6.92 Å². The fourth-order valence-corrected chi connectivity index (χ4v) is 4.05. The molecule has 0 fully saturated rings. The maximum atomic E-state index is 12.5. The number of rotatable bonds is 5. The van der Waals surface area contributed by atoms with Gasteiger partial charge in [-0.3, -0.25) is 5.32 Å². The van der Waals surface area contributed by atoms with Crippen LogP contribution in [-0.4, -0.2) is 45.3 Å². The number of nitrogens with one attached hydrogen (secondary N) is 3. The Morgan fingerprint density at radius 1 is 1.22 bits per heavy atom. The van der Waals surface area contributed by atoms with Crippen LogP contribution in [0.1, 0.15) is 5.82 Å². The first-order valence-electron chi connectivity index (χ1n) is 9.20. The largest absolute Gasteiger partial charge is 0.450 e. The van der Waals surface area contributed by atoms with Crippen LogP contribution in [0.3, 0.4) is 0 Å². The van der Waals surface area contributed by atoms with Gasteiger partial charge in [0, 0.05) is 35.7 Å². The second-order valence-corrected chi connectivity index (χ2v) is 9.08. The summed E-state index contributed by atoms with van der Waals surface area (Å²) in [7, 11) is -1.82. The number of imidazole rings is 2. The Balaban J connectivity index is 1.82. The number of fused-ring (bicyclic) bond motifs is 1. The third-order valence-corrected chi connectivity index (χ3v) is 5.67. The molecule has 166 valence electrons. The van der Waals surface area contributed by atoms with Gasteiger partial charge in [-0.25, -0.2) is 33.1 Å². The van der Waals surface area contributed by atoms with E-state index in [2.05, 4.69) is 35.5 Å². The number of pyridine rings is 1. The highest BCUT2D eigenvalue weighted by atomic mass is 32.2. The van der Waals surface area contributed by atoms with Gasteiger partial charge in [-0.2, -0.15) is 0 Å². The number of aryl methyl sites for hydroxylation is 2. The third kappa shape index (κ3) is 4.23. The Bertz CT molecular complexity index is 1450. The summed E-state index contributed by atoms with van der Waals surface area (Å²) < 4.78 is 39.0. The highest BCUT2D eigenvalue weighted by Gasteiger charge is 2.19. The molecule has 0 unspecified atom stereocenters. The summed E-state index contributed by atoms with van der Waals surface area (Å²) in [5.41, 5.74) is 2.59. The maximum Gasteiger partial charge on any atom is 0.450 e. The molecular formula is C19H18FN7O4S. The van der Waals surface area contributed by atoms with Crippen molar-refractivity contribution >= 4 is 44.3 Å². The van der Waals surface area contributed by atoms with Gasteiger partial charge in [0.05, 0.1) is 28.3 Å². The van der Waals surface area contributed by atoms with Crippen LogP contribution in [0.4, 0.5) is 26.5 Å². The molecule has 1 aromatic carbocycles. The SMILES string of the molecule is Cc1nc2nc(NC(=O)OF)cc(Nc3ccc(-c4cn(C)cn4)cc3S(C)(=O)=O)c2[nH]1. The monoisotopic (exact) mass is 459 g/mol. The molecule has 0 saturated heterocycles. The number of halogens is 1. The number of hydrogen-bond acceptors (Lipinski definition) is 8. The number of carbonyl (C=O) groups is 1. The quantitative estimate of drug-likeness (QED) is 0.413. The van der Waals surface area contributed by atoms with Crippen molar-refractivity contribution in [1.29, 1.82) is 0 Å². The topological polar surface area (TPSA) is 144 Å². The van der Waals surface area contributed by atoms with Crippen molar-refractivity contribution in [3.8, 4) is 11.3 Å². The fourth-order valence-electron chi connectivity index (χ4n) is 3.19. The van der Waals surface area contributed by atoms with Gasteiger partial charge in [0.2, 0.25) is 0 Å².